The van der Waals surface area contributed by atoms with E-state index in [2.05, 4.69) is 4.98 Å². The predicted molar refractivity (Wildman–Crippen MR) is 133 cm³/mol. The van der Waals surface area contributed by atoms with E-state index in [-0.39, 0.29) is 17.9 Å². The molecule has 1 amide bonds. The second-order valence-electron chi connectivity index (χ2n) is 8.61. The smallest absolute Gasteiger partial charge is 0.295 e. The van der Waals surface area contributed by atoms with Gasteiger partial charge < -0.3 is 33.5 Å². The molecule has 1 aromatic heterocycles. The van der Waals surface area contributed by atoms with Crippen molar-refractivity contribution in [3.8, 4) is 23.0 Å². The molecule has 1 fully saturated rings. The summed E-state index contributed by atoms with van der Waals surface area (Å²) in [6, 6.07) is 9.22. The number of carbonyl (C=O) groups excluding carboxylic acids is 2. The quantitative estimate of drug-likeness (QED) is 0.282. The van der Waals surface area contributed by atoms with Crippen molar-refractivity contribution in [3.63, 3.8) is 0 Å². The number of amides is 1. The van der Waals surface area contributed by atoms with Gasteiger partial charge in [0.15, 0.2) is 11.5 Å². The molecule has 0 saturated carbocycles. The Kier molecular flexibility index (Phi) is 6.72. The second kappa shape index (κ2) is 10.3. The van der Waals surface area contributed by atoms with Crippen molar-refractivity contribution in [2.24, 2.45) is 0 Å². The molecule has 1 unspecified atom stereocenters. The van der Waals surface area contributed by atoms with Crippen molar-refractivity contribution in [2.45, 2.75) is 19.0 Å². The summed E-state index contributed by atoms with van der Waals surface area (Å²) in [6.07, 6.45) is 5.78. The lowest BCUT2D eigenvalue weighted by atomic mass is 9.94. The molecule has 5 rings (SSSR count). The molecule has 0 radical (unpaired) electrons. The Hall–Kier alpha value is -4.47. The number of likely N-dealkylation sites (tertiary alicyclic amines) is 1. The number of benzene rings is 2. The summed E-state index contributed by atoms with van der Waals surface area (Å²) < 4.78 is 24.0. The van der Waals surface area contributed by atoms with Gasteiger partial charge in [0.1, 0.15) is 30.5 Å². The van der Waals surface area contributed by atoms with Crippen molar-refractivity contribution in [1.82, 2.24) is 14.5 Å². The van der Waals surface area contributed by atoms with E-state index in [0.717, 1.165) is 0 Å². The minimum Gasteiger partial charge on any atom is -0.507 e. The molecular weight excluding hydrogens is 478 g/mol. The van der Waals surface area contributed by atoms with Gasteiger partial charge in [0, 0.05) is 42.7 Å². The molecule has 0 bridgehead atoms. The number of ketones is 1. The number of Topliss-reactive ketones (excluding diaryl/α,β-unsaturated/α-hetero) is 1. The van der Waals surface area contributed by atoms with Crippen LogP contribution in [0.25, 0.3) is 5.76 Å². The molecule has 10 heteroatoms. The molecule has 1 N–H and O–H groups in total. The zero-order valence-corrected chi connectivity index (χ0v) is 20.5. The Morgan fingerprint density at radius 3 is 2.59 bits per heavy atom. The molecule has 10 nitrogen and oxygen atoms in total. The maximum absolute atomic E-state index is 13.4. The van der Waals surface area contributed by atoms with Crippen LogP contribution in [-0.4, -0.2) is 65.2 Å². The zero-order valence-electron chi connectivity index (χ0n) is 20.5. The Morgan fingerprint density at radius 1 is 1.05 bits per heavy atom. The largest absolute Gasteiger partial charge is 0.507 e. The highest BCUT2D eigenvalue weighted by molar-refractivity contribution is 6.46. The van der Waals surface area contributed by atoms with E-state index in [1.807, 2.05) is 10.8 Å². The van der Waals surface area contributed by atoms with Crippen LogP contribution < -0.4 is 18.9 Å². The third-order valence-electron chi connectivity index (χ3n) is 6.47. The number of hydrogen-bond donors (Lipinski definition) is 1. The summed E-state index contributed by atoms with van der Waals surface area (Å²) in [5, 5.41) is 11.4. The van der Waals surface area contributed by atoms with Crippen LogP contribution in [0.1, 0.15) is 23.6 Å². The van der Waals surface area contributed by atoms with Crippen LogP contribution in [-0.2, 0) is 16.1 Å². The number of aliphatic hydroxyl groups excluding tert-OH is 1. The number of fused-ring (bicyclic) bond motifs is 1. The number of nitrogens with zero attached hydrogens (tertiary/aromatic N) is 3. The Bertz CT molecular complexity index is 1350. The number of rotatable bonds is 8. The van der Waals surface area contributed by atoms with Gasteiger partial charge >= 0.3 is 0 Å². The van der Waals surface area contributed by atoms with E-state index in [0.29, 0.717) is 60.3 Å². The normalized spacial score (nSPS) is 18.2. The molecule has 3 heterocycles. The van der Waals surface area contributed by atoms with Gasteiger partial charge in [-0.3, -0.25) is 9.59 Å². The first-order chi connectivity index (χ1) is 18.0. The van der Waals surface area contributed by atoms with Crippen molar-refractivity contribution < 1.29 is 33.6 Å². The van der Waals surface area contributed by atoms with Crippen LogP contribution in [0.15, 0.2) is 60.7 Å². The van der Waals surface area contributed by atoms with Gasteiger partial charge in [0.05, 0.1) is 32.2 Å². The molecule has 2 aliphatic rings. The van der Waals surface area contributed by atoms with Crippen molar-refractivity contribution in [1.29, 1.82) is 0 Å². The highest BCUT2D eigenvalue weighted by Gasteiger charge is 2.47. The third-order valence-corrected chi connectivity index (χ3v) is 6.47. The summed E-state index contributed by atoms with van der Waals surface area (Å²) in [6.45, 7) is 1.69. The van der Waals surface area contributed by atoms with Gasteiger partial charge in [-0.15, -0.1) is 0 Å². The number of carbonyl (C=O) groups is 2. The molecule has 0 spiro atoms. The lowest BCUT2D eigenvalue weighted by Gasteiger charge is -2.27. The van der Waals surface area contributed by atoms with Crippen LogP contribution >= 0.6 is 0 Å². The monoisotopic (exact) mass is 505 g/mol. The van der Waals surface area contributed by atoms with Crippen molar-refractivity contribution >= 4 is 17.4 Å². The zero-order chi connectivity index (χ0) is 25.9. The van der Waals surface area contributed by atoms with Crippen LogP contribution in [0.4, 0.5) is 0 Å². The van der Waals surface area contributed by atoms with Gasteiger partial charge in [0.2, 0.25) is 0 Å². The van der Waals surface area contributed by atoms with Crippen LogP contribution in [0.2, 0.25) is 0 Å². The predicted octanol–water partition coefficient (Wildman–Crippen LogP) is 3.18. The number of aryl methyl sites for hydroxylation is 1. The molecule has 2 aromatic carbocycles. The number of aromatic nitrogens is 2. The number of hydrogen-bond acceptors (Lipinski definition) is 8. The fourth-order valence-corrected chi connectivity index (χ4v) is 4.67. The maximum Gasteiger partial charge on any atom is 0.295 e. The topological polar surface area (TPSA) is 112 Å². The van der Waals surface area contributed by atoms with Crippen LogP contribution in [0.5, 0.6) is 23.0 Å². The van der Waals surface area contributed by atoms with E-state index in [4.69, 9.17) is 18.9 Å². The molecule has 1 saturated heterocycles. The summed E-state index contributed by atoms with van der Waals surface area (Å²) in [4.78, 5) is 32.2. The summed E-state index contributed by atoms with van der Waals surface area (Å²) in [5.74, 6) is 0.254. The fraction of sp³-hybridized carbons (Fsp3) is 0.296. The minimum atomic E-state index is -0.864. The van der Waals surface area contributed by atoms with Crippen LogP contribution in [0, 0.1) is 0 Å². The highest BCUT2D eigenvalue weighted by Crippen LogP contribution is 2.44. The fourth-order valence-electron chi connectivity index (χ4n) is 4.67. The van der Waals surface area contributed by atoms with E-state index in [9.17, 15) is 14.7 Å². The Labute approximate surface area is 213 Å². The lowest BCUT2D eigenvalue weighted by Crippen LogP contribution is -2.31. The van der Waals surface area contributed by atoms with Crippen molar-refractivity contribution in [3.05, 3.63) is 71.8 Å². The summed E-state index contributed by atoms with van der Waals surface area (Å²) >= 11 is 0. The van der Waals surface area contributed by atoms with E-state index < -0.39 is 17.7 Å². The number of ether oxygens (including phenoxy) is 4. The van der Waals surface area contributed by atoms with Crippen molar-refractivity contribution in [2.75, 3.05) is 34.0 Å². The standard InChI is InChI=1S/C27H27N3O7/c1-34-18-5-6-19(21(15-18)35-2)24-23(25(31)17-4-7-20-22(14-17)37-13-12-36-20)26(32)27(33)30(24)10-3-9-29-11-8-28-16-29/h4-8,11,14-16,24,31H,3,9-10,12-13H2,1-2H3. The van der Waals surface area contributed by atoms with Gasteiger partial charge in [0.25, 0.3) is 11.7 Å². The molecular formula is C27H27N3O7. The molecule has 0 aliphatic carbocycles. The van der Waals surface area contributed by atoms with Gasteiger partial charge in [-0.2, -0.15) is 0 Å². The molecule has 1 atom stereocenters. The van der Waals surface area contributed by atoms with Gasteiger partial charge in [-0.1, -0.05) is 0 Å². The lowest BCUT2D eigenvalue weighted by molar-refractivity contribution is -0.140. The van der Waals surface area contributed by atoms with Gasteiger partial charge in [-0.05, 0) is 36.8 Å². The van der Waals surface area contributed by atoms with E-state index >= 15 is 0 Å². The molecule has 37 heavy (non-hydrogen) atoms. The first-order valence-electron chi connectivity index (χ1n) is 11.9. The second-order valence-corrected chi connectivity index (χ2v) is 8.61. The summed E-state index contributed by atoms with van der Waals surface area (Å²) in [7, 11) is 3.04. The first kappa shape index (κ1) is 24.2. The maximum atomic E-state index is 13.4. The Morgan fingerprint density at radius 2 is 1.86 bits per heavy atom. The number of aliphatic hydroxyl groups is 1. The number of methoxy groups -OCH3 is 2. The van der Waals surface area contributed by atoms with E-state index in [1.54, 1.807) is 56.0 Å². The van der Waals surface area contributed by atoms with Crippen LogP contribution in [0.3, 0.4) is 0 Å². The average Bonchev–Trinajstić information content (AvgIpc) is 3.54. The first-order valence-corrected chi connectivity index (χ1v) is 11.9. The molecule has 2 aliphatic heterocycles. The third kappa shape index (κ3) is 4.57. The number of imidazole rings is 1. The Balaban J connectivity index is 1.58. The average molecular weight is 506 g/mol. The SMILES string of the molecule is COc1ccc(C2C(=C(O)c3ccc4c(c3)OCCO4)C(=O)C(=O)N2CCCn2ccnc2)c(OC)c1. The van der Waals surface area contributed by atoms with E-state index in [1.165, 1.54) is 12.0 Å². The van der Waals surface area contributed by atoms with Gasteiger partial charge in [-0.25, -0.2) is 4.98 Å². The minimum absolute atomic E-state index is 0.0206. The molecule has 3 aromatic rings. The summed E-state index contributed by atoms with van der Waals surface area (Å²) in [5.41, 5.74) is 0.884. The highest BCUT2D eigenvalue weighted by atomic mass is 16.6. The molecule has 192 valence electrons.